The van der Waals surface area contributed by atoms with Crippen molar-refractivity contribution in [3.05, 3.63) is 30.5 Å². The maximum Gasteiger partial charge on any atom is 0.298 e. The molecule has 0 saturated carbocycles. The molecule has 0 radical (unpaired) electrons. The quantitative estimate of drug-likeness (QED) is 0.843. The van der Waals surface area contributed by atoms with E-state index in [1.807, 2.05) is 35.9 Å². The number of nitrogens with zero attached hydrogens (tertiary/aromatic N) is 2. The average molecular weight is 239 g/mol. The Hall–Kier alpha value is -1.53. The number of nitrogens with two attached hydrogens (primary N) is 1. The van der Waals surface area contributed by atoms with Crippen molar-refractivity contribution in [2.45, 2.75) is 0 Å². The average Bonchev–Trinajstić information content (AvgIpc) is 2.55. The number of benzene rings is 1. The number of fused-ring (bicyclic) bond motifs is 1. The van der Waals surface area contributed by atoms with E-state index in [1.165, 1.54) is 7.05 Å². The second kappa shape index (κ2) is 3.50. The van der Waals surface area contributed by atoms with Crippen molar-refractivity contribution in [2.24, 2.45) is 12.2 Å². The summed E-state index contributed by atoms with van der Waals surface area (Å²) in [6.45, 7) is 0. The van der Waals surface area contributed by atoms with Gasteiger partial charge in [0.05, 0.1) is 5.69 Å². The van der Waals surface area contributed by atoms with Gasteiger partial charge < -0.3 is 4.57 Å². The van der Waals surface area contributed by atoms with Crippen LogP contribution in [0.3, 0.4) is 0 Å². The van der Waals surface area contributed by atoms with Gasteiger partial charge in [-0.25, -0.2) is 5.14 Å². The number of hydrogen-bond donors (Lipinski definition) is 1. The Kier molecular flexibility index (Phi) is 2.40. The molecule has 2 aromatic rings. The van der Waals surface area contributed by atoms with Crippen LogP contribution in [0.15, 0.2) is 30.5 Å². The SMILES string of the molecule is CN(c1cn(C)c2ccccc12)S(N)(=O)=O. The molecule has 0 unspecified atom stereocenters. The Labute approximate surface area is 94.3 Å². The molecule has 0 fully saturated rings. The summed E-state index contributed by atoms with van der Waals surface area (Å²) in [6.07, 6.45) is 1.75. The zero-order chi connectivity index (χ0) is 11.9. The summed E-state index contributed by atoms with van der Waals surface area (Å²) in [5.74, 6) is 0. The summed E-state index contributed by atoms with van der Waals surface area (Å²) < 4.78 is 25.5. The molecule has 0 spiro atoms. The van der Waals surface area contributed by atoms with E-state index >= 15 is 0 Å². The smallest absolute Gasteiger partial charge is 0.298 e. The van der Waals surface area contributed by atoms with Gasteiger partial charge in [0.15, 0.2) is 0 Å². The molecular weight excluding hydrogens is 226 g/mol. The van der Waals surface area contributed by atoms with Crippen LogP contribution in [0, 0.1) is 0 Å². The van der Waals surface area contributed by atoms with Gasteiger partial charge in [-0.3, -0.25) is 4.31 Å². The van der Waals surface area contributed by atoms with Gasteiger partial charge in [-0.05, 0) is 6.07 Å². The lowest BCUT2D eigenvalue weighted by Crippen LogP contribution is -2.32. The Morgan fingerprint density at radius 2 is 1.94 bits per heavy atom. The fourth-order valence-electron chi connectivity index (χ4n) is 1.71. The van der Waals surface area contributed by atoms with Crippen LogP contribution in [0.5, 0.6) is 0 Å². The van der Waals surface area contributed by atoms with E-state index in [0.717, 1.165) is 15.2 Å². The van der Waals surface area contributed by atoms with Crippen molar-refractivity contribution in [3.8, 4) is 0 Å². The van der Waals surface area contributed by atoms with Crippen LogP contribution in [0.2, 0.25) is 0 Å². The molecule has 0 aliphatic carbocycles. The molecule has 86 valence electrons. The first kappa shape index (κ1) is 11.0. The lowest BCUT2D eigenvalue weighted by atomic mass is 10.2. The van der Waals surface area contributed by atoms with Crippen molar-refractivity contribution in [3.63, 3.8) is 0 Å². The third kappa shape index (κ3) is 1.66. The highest BCUT2D eigenvalue weighted by Crippen LogP contribution is 2.28. The van der Waals surface area contributed by atoms with E-state index in [1.54, 1.807) is 6.20 Å². The van der Waals surface area contributed by atoms with Crippen LogP contribution in [0.25, 0.3) is 10.9 Å². The van der Waals surface area contributed by atoms with E-state index in [4.69, 9.17) is 5.14 Å². The van der Waals surface area contributed by atoms with E-state index in [2.05, 4.69) is 0 Å². The van der Waals surface area contributed by atoms with Gasteiger partial charge in [-0.1, -0.05) is 18.2 Å². The molecule has 2 N–H and O–H groups in total. The highest BCUT2D eigenvalue weighted by molar-refractivity contribution is 7.90. The minimum atomic E-state index is -3.71. The summed E-state index contributed by atoms with van der Waals surface area (Å²) in [4.78, 5) is 0. The van der Waals surface area contributed by atoms with Gasteiger partial charge in [-0.2, -0.15) is 8.42 Å². The molecule has 5 nitrogen and oxygen atoms in total. The number of rotatable bonds is 2. The third-order valence-corrected chi connectivity index (χ3v) is 3.56. The fraction of sp³-hybridized carbons (Fsp3) is 0.200. The maximum atomic E-state index is 11.3. The Bertz CT molecular complexity index is 631. The van der Waals surface area contributed by atoms with Crippen molar-refractivity contribution >= 4 is 26.8 Å². The number of hydrogen-bond acceptors (Lipinski definition) is 2. The Balaban J connectivity index is 2.71. The first-order valence-corrected chi connectivity index (χ1v) is 6.22. The second-order valence-corrected chi connectivity index (χ2v) is 5.23. The van der Waals surface area contributed by atoms with Crippen molar-refractivity contribution < 1.29 is 8.42 Å². The second-order valence-electron chi connectivity index (χ2n) is 3.65. The zero-order valence-electron chi connectivity index (χ0n) is 9.08. The van der Waals surface area contributed by atoms with Crippen LogP contribution < -0.4 is 9.44 Å². The molecule has 1 heterocycles. The van der Waals surface area contributed by atoms with Gasteiger partial charge in [0.2, 0.25) is 0 Å². The zero-order valence-corrected chi connectivity index (χ0v) is 9.90. The van der Waals surface area contributed by atoms with Crippen LogP contribution in [0.4, 0.5) is 5.69 Å². The van der Waals surface area contributed by atoms with Crippen molar-refractivity contribution in [1.82, 2.24) is 4.57 Å². The first-order valence-electron chi connectivity index (χ1n) is 4.72. The Morgan fingerprint density at radius 3 is 2.56 bits per heavy atom. The fourth-order valence-corrected chi connectivity index (χ4v) is 2.13. The van der Waals surface area contributed by atoms with E-state index in [-0.39, 0.29) is 0 Å². The van der Waals surface area contributed by atoms with E-state index < -0.39 is 10.2 Å². The summed E-state index contributed by atoms with van der Waals surface area (Å²) in [7, 11) is -0.409. The molecule has 0 aliphatic rings. The normalized spacial score (nSPS) is 11.9. The lowest BCUT2D eigenvalue weighted by Gasteiger charge is -2.14. The molecule has 0 bridgehead atoms. The van der Waals surface area contributed by atoms with Crippen LogP contribution >= 0.6 is 0 Å². The van der Waals surface area contributed by atoms with E-state index in [0.29, 0.717) is 5.69 Å². The number of aromatic nitrogens is 1. The third-order valence-electron chi connectivity index (χ3n) is 2.60. The summed E-state index contributed by atoms with van der Waals surface area (Å²) >= 11 is 0. The van der Waals surface area contributed by atoms with Gasteiger partial charge in [0.25, 0.3) is 10.2 Å². The standard InChI is InChI=1S/C10H13N3O2S/c1-12-7-10(13(2)16(11,14)15)8-5-3-4-6-9(8)12/h3-7H,1-2H3,(H2,11,14,15). The Morgan fingerprint density at radius 1 is 1.31 bits per heavy atom. The molecule has 0 aliphatic heterocycles. The largest absolute Gasteiger partial charge is 0.348 e. The molecule has 1 aromatic carbocycles. The molecule has 1 aromatic heterocycles. The van der Waals surface area contributed by atoms with E-state index in [9.17, 15) is 8.42 Å². The molecular formula is C10H13N3O2S. The van der Waals surface area contributed by atoms with Gasteiger partial charge in [0.1, 0.15) is 0 Å². The molecule has 6 heteroatoms. The number of para-hydroxylation sites is 1. The number of aryl methyl sites for hydroxylation is 1. The lowest BCUT2D eigenvalue weighted by molar-refractivity contribution is 0.596. The van der Waals surface area contributed by atoms with Crippen LogP contribution in [-0.4, -0.2) is 20.0 Å². The minimum Gasteiger partial charge on any atom is -0.348 e. The first-order chi connectivity index (χ1) is 7.41. The molecule has 0 saturated heterocycles. The molecule has 0 amide bonds. The van der Waals surface area contributed by atoms with Crippen molar-refractivity contribution in [1.29, 1.82) is 0 Å². The molecule has 0 atom stereocenters. The van der Waals surface area contributed by atoms with Crippen LogP contribution in [0.1, 0.15) is 0 Å². The number of anilines is 1. The summed E-state index contributed by atoms with van der Waals surface area (Å²) in [5.41, 5.74) is 1.55. The van der Waals surface area contributed by atoms with Crippen molar-refractivity contribution in [2.75, 3.05) is 11.4 Å². The van der Waals surface area contributed by atoms with Crippen LogP contribution in [-0.2, 0) is 17.3 Å². The summed E-state index contributed by atoms with van der Waals surface area (Å²) in [6, 6.07) is 7.56. The minimum absolute atomic E-state index is 0.584. The maximum absolute atomic E-state index is 11.3. The molecule has 16 heavy (non-hydrogen) atoms. The van der Waals surface area contributed by atoms with Gasteiger partial charge >= 0.3 is 0 Å². The topological polar surface area (TPSA) is 68.3 Å². The summed E-state index contributed by atoms with van der Waals surface area (Å²) in [5, 5.41) is 5.96. The van der Waals surface area contributed by atoms with Gasteiger partial charge in [0, 0.05) is 31.2 Å². The van der Waals surface area contributed by atoms with Gasteiger partial charge in [-0.15, -0.1) is 0 Å². The monoisotopic (exact) mass is 239 g/mol. The highest BCUT2D eigenvalue weighted by atomic mass is 32.2. The predicted octanol–water partition coefficient (Wildman–Crippen LogP) is 0.818. The highest BCUT2D eigenvalue weighted by Gasteiger charge is 2.17. The predicted molar refractivity (Wildman–Crippen MR) is 64.4 cm³/mol. The molecule has 2 rings (SSSR count).